The van der Waals surface area contributed by atoms with Crippen LogP contribution in [0, 0.1) is 0 Å². The zero-order valence-electron chi connectivity index (χ0n) is 14.3. The fourth-order valence-electron chi connectivity index (χ4n) is 3.06. The molecule has 136 valence electrons. The average molecular weight is 363 g/mol. The maximum absolute atomic E-state index is 9.04. The molecule has 1 aliphatic heterocycles. The highest BCUT2D eigenvalue weighted by molar-refractivity contribution is 5.73. The lowest BCUT2D eigenvalue weighted by molar-refractivity contribution is 0.269. The highest BCUT2D eigenvalue weighted by Gasteiger charge is 2.21. The standard InChI is InChI=1S/C17H17N9O/c27-6-5-24-10-13(7-19-24)14-2-3-15-17(21-14)26(23-22-15)9-12-1-4-16-18-11-20-25(16)8-12/h1-4,7-8,10-11,22-23,27H,5-6,9H2. The van der Waals surface area contributed by atoms with E-state index >= 15 is 0 Å². The summed E-state index contributed by atoms with van der Waals surface area (Å²) in [4.78, 5) is 8.94. The van der Waals surface area contributed by atoms with E-state index in [0.29, 0.717) is 13.1 Å². The number of hydrogen-bond acceptors (Lipinski definition) is 8. The molecule has 0 unspecified atom stereocenters. The molecule has 0 saturated heterocycles. The third kappa shape index (κ3) is 2.86. The van der Waals surface area contributed by atoms with Gasteiger partial charge in [0.1, 0.15) is 6.33 Å². The number of aromatic nitrogens is 6. The maximum Gasteiger partial charge on any atom is 0.170 e. The van der Waals surface area contributed by atoms with Gasteiger partial charge in [0.25, 0.3) is 0 Å². The Hall–Kier alpha value is -3.50. The quantitative estimate of drug-likeness (QED) is 0.479. The molecular weight excluding hydrogens is 346 g/mol. The van der Waals surface area contributed by atoms with Crippen molar-refractivity contribution in [2.24, 2.45) is 0 Å². The number of pyridine rings is 2. The van der Waals surface area contributed by atoms with Crippen molar-refractivity contribution >= 4 is 17.2 Å². The molecule has 10 nitrogen and oxygen atoms in total. The first kappa shape index (κ1) is 15.7. The Balaban J connectivity index is 1.42. The van der Waals surface area contributed by atoms with Crippen LogP contribution in [0.15, 0.2) is 49.2 Å². The van der Waals surface area contributed by atoms with Crippen LogP contribution in [0.3, 0.4) is 0 Å². The number of aliphatic hydroxyl groups excluding tert-OH is 1. The number of fused-ring (bicyclic) bond motifs is 2. The molecule has 0 aliphatic carbocycles. The molecule has 5 heterocycles. The zero-order chi connectivity index (χ0) is 18.2. The Labute approximate surface area is 154 Å². The van der Waals surface area contributed by atoms with Crippen molar-refractivity contribution in [1.82, 2.24) is 34.9 Å². The summed E-state index contributed by atoms with van der Waals surface area (Å²) in [5, 5.41) is 19.4. The fraction of sp³-hybridized carbons (Fsp3) is 0.176. The normalized spacial score (nSPS) is 13.1. The van der Waals surface area contributed by atoms with Crippen LogP contribution in [0.5, 0.6) is 0 Å². The Bertz CT molecular complexity index is 1100. The summed E-state index contributed by atoms with van der Waals surface area (Å²) < 4.78 is 3.45. The molecule has 1 aliphatic rings. The van der Waals surface area contributed by atoms with Gasteiger partial charge in [-0.05, 0) is 23.8 Å². The molecule has 4 aromatic rings. The van der Waals surface area contributed by atoms with Gasteiger partial charge in [-0.2, -0.15) is 10.2 Å². The molecule has 0 aromatic carbocycles. The molecule has 0 bridgehead atoms. The van der Waals surface area contributed by atoms with Crippen molar-refractivity contribution in [1.29, 1.82) is 0 Å². The molecule has 0 atom stereocenters. The molecule has 0 amide bonds. The van der Waals surface area contributed by atoms with Crippen molar-refractivity contribution in [3.8, 4) is 11.3 Å². The van der Waals surface area contributed by atoms with Crippen LogP contribution >= 0.6 is 0 Å². The van der Waals surface area contributed by atoms with Gasteiger partial charge < -0.3 is 10.5 Å². The highest BCUT2D eigenvalue weighted by atomic mass is 16.3. The summed E-state index contributed by atoms with van der Waals surface area (Å²) >= 11 is 0. The largest absolute Gasteiger partial charge is 0.394 e. The molecule has 5 rings (SSSR count). The van der Waals surface area contributed by atoms with Crippen LogP contribution in [-0.2, 0) is 13.1 Å². The molecule has 3 N–H and O–H groups in total. The SMILES string of the molecule is OCCn1cc(-c2ccc3c(n2)N(Cc2ccc4ncnn4c2)NN3)cn1. The first-order valence-corrected chi connectivity index (χ1v) is 8.52. The highest BCUT2D eigenvalue weighted by Crippen LogP contribution is 2.31. The van der Waals surface area contributed by atoms with Crippen molar-refractivity contribution < 1.29 is 5.11 Å². The molecular formula is C17H17N9O. The summed E-state index contributed by atoms with van der Waals surface area (Å²) in [6.07, 6.45) is 7.12. The molecule has 27 heavy (non-hydrogen) atoms. The number of nitrogens with zero attached hydrogens (tertiary/aromatic N) is 7. The first-order valence-electron chi connectivity index (χ1n) is 8.52. The van der Waals surface area contributed by atoms with E-state index in [1.165, 1.54) is 6.33 Å². The lowest BCUT2D eigenvalue weighted by atomic mass is 10.2. The molecule has 0 saturated carbocycles. The predicted octanol–water partition coefficient (Wildman–Crippen LogP) is 0.832. The fourth-order valence-corrected chi connectivity index (χ4v) is 3.06. The van der Waals surface area contributed by atoms with Gasteiger partial charge in [0.05, 0.1) is 37.3 Å². The van der Waals surface area contributed by atoms with Gasteiger partial charge >= 0.3 is 0 Å². The molecule has 0 spiro atoms. The second kappa shape index (κ2) is 6.34. The number of rotatable bonds is 5. The van der Waals surface area contributed by atoms with Crippen LogP contribution in [0.25, 0.3) is 16.9 Å². The zero-order valence-corrected chi connectivity index (χ0v) is 14.3. The van der Waals surface area contributed by atoms with Gasteiger partial charge in [0, 0.05) is 18.0 Å². The summed E-state index contributed by atoms with van der Waals surface area (Å²) in [5.74, 6) is 0.807. The van der Waals surface area contributed by atoms with Gasteiger partial charge in [-0.25, -0.2) is 14.5 Å². The van der Waals surface area contributed by atoms with Gasteiger partial charge in [-0.3, -0.25) is 9.69 Å². The van der Waals surface area contributed by atoms with E-state index in [2.05, 4.69) is 26.1 Å². The predicted molar refractivity (Wildman–Crippen MR) is 98.5 cm³/mol. The monoisotopic (exact) mass is 363 g/mol. The van der Waals surface area contributed by atoms with E-state index in [4.69, 9.17) is 10.1 Å². The number of anilines is 2. The number of hydrazine groups is 2. The van der Waals surface area contributed by atoms with E-state index in [0.717, 1.165) is 34.0 Å². The third-order valence-corrected chi connectivity index (χ3v) is 4.39. The Morgan fingerprint density at radius 3 is 2.96 bits per heavy atom. The Kier molecular flexibility index (Phi) is 3.69. The third-order valence-electron chi connectivity index (χ3n) is 4.39. The van der Waals surface area contributed by atoms with E-state index < -0.39 is 0 Å². The lowest BCUT2D eigenvalue weighted by Crippen LogP contribution is -2.35. The molecule has 0 radical (unpaired) electrons. The Morgan fingerprint density at radius 2 is 2.04 bits per heavy atom. The molecule has 0 fully saturated rings. The summed E-state index contributed by atoms with van der Waals surface area (Å²) in [5.41, 5.74) is 10.8. The summed E-state index contributed by atoms with van der Waals surface area (Å²) in [7, 11) is 0. The minimum Gasteiger partial charge on any atom is -0.394 e. The van der Waals surface area contributed by atoms with Crippen molar-refractivity contribution in [2.75, 3.05) is 17.0 Å². The molecule has 10 heteroatoms. The first-order chi connectivity index (χ1) is 13.3. The topological polar surface area (TPSA) is 108 Å². The van der Waals surface area contributed by atoms with Gasteiger partial charge in [0.15, 0.2) is 11.5 Å². The minimum atomic E-state index is 0.0521. The molecule has 4 aromatic heterocycles. The van der Waals surface area contributed by atoms with Crippen molar-refractivity contribution in [3.63, 3.8) is 0 Å². The van der Waals surface area contributed by atoms with Crippen molar-refractivity contribution in [3.05, 3.63) is 54.7 Å². The minimum absolute atomic E-state index is 0.0521. The lowest BCUT2D eigenvalue weighted by Gasteiger charge is -2.17. The maximum atomic E-state index is 9.04. The summed E-state index contributed by atoms with van der Waals surface area (Å²) in [6, 6.07) is 7.88. The second-order valence-electron chi connectivity index (χ2n) is 6.21. The van der Waals surface area contributed by atoms with Crippen molar-refractivity contribution in [2.45, 2.75) is 13.1 Å². The van der Waals surface area contributed by atoms with Crippen LogP contribution in [0.2, 0.25) is 0 Å². The van der Waals surface area contributed by atoms with E-state index in [1.807, 2.05) is 41.7 Å². The van der Waals surface area contributed by atoms with Crippen LogP contribution in [0.4, 0.5) is 11.5 Å². The van der Waals surface area contributed by atoms with E-state index in [-0.39, 0.29) is 6.61 Å². The van der Waals surface area contributed by atoms with Crippen LogP contribution in [0.1, 0.15) is 5.56 Å². The van der Waals surface area contributed by atoms with Gasteiger partial charge in [0.2, 0.25) is 0 Å². The number of hydrogen-bond donors (Lipinski definition) is 3. The second-order valence-corrected chi connectivity index (χ2v) is 6.21. The van der Waals surface area contributed by atoms with Gasteiger partial charge in [-0.1, -0.05) is 6.07 Å². The Morgan fingerprint density at radius 1 is 1.07 bits per heavy atom. The summed E-state index contributed by atoms with van der Waals surface area (Å²) in [6.45, 7) is 1.12. The van der Waals surface area contributed by atoms with Crippen LogP contribution < -0.4 is 16.0 Å². The van der Waals surface area contributed by atoms with Gasteiger partial charge in [-0.15, -0.1) is 5.53 Å². The van der Waals surface area contributed by atoms with E-state index in [9.17, 15) is 0 Å². The average Bonchev–Trinajstić information content (AvgIpc) is 3.41. The van der Waals surface area contributed by atoms with Crippen LogP contribution in [-0.4, -0.2) is 41.1 Å². The van der Waals surface area contributed by atoms with E-state index in [1.54, 1.807) is 15.4 Å². The number of nitrogens with one attached hydrogen (secondary N) is 2. The smallest absolute Gasteiger partial charge is 0.170 e. The number of aliphatic hydroxyl groups is 1.